The van der Waals surface area contributed by atoms with E-state index in [9.17, 15) is 4.79 Å². The Kier molecular flexibility index (Phi) is 4.34. The molecule has 1 aliphatic heterocycles. The average Bonchev–Trinajstić information content (AvgIpc) is 3.02. The quantitative estimate of drug-likeness (QED) is 0.550. The first-order valence-corrected chi connectivity index (χ1v) is 8.85. The summed E-state index contributed by atoms with van der Waals surface area (Å²) in [6.07, 6.45) is 1.94. The minimum atomic E-state index is -0.345. The molecule has 0 atom stereocenters. The second-order valence-electron chi connectivity index (χ2n) is 6.51. The highest BCUT2D eigenvalue weighted by Crippen LogP contribution is 2.35. The molecule has 6 heteroatoms. The van der Waals surface area contributed by atoms with Gasteiger partial charge in [0, 0.05) is 48.2 Å². The summed E-state index contributed by atoms with van der Waals surface area (Å²) in [6, 6.07) is 14.5. The van der Waals surface area contributed by atoms with Gasteiger partial charge in [0.2, 0.25) is 0 Å². The van der Waals surface area contributed by atoms with Gasteiger partial charge in [0.25, 0.3) is 5.91 Å². The second-order valence-corrected chi connectivity index (χ2v) is 6.51. The lowest BCUT2D eigenvalue weighted by Crippen LogP contribution is -2.28. The first-order valence-electron chi connectivity index (χ1n) is 8.85. The van der Waals surface area contributed by atoms with Gasteiger partial charge in [-0.1, -0.05) is 24.3 Å². The number of nitrogens with one attached hydrogen (secondary N) is 1. The number of hydrogen-bond donors (Lipinski definition) is 2. The van der Waals surface area contributed by atoms with Crippen molar-refractivity contribution in [2.75, 3.05) is 20.3 Å². The number of nitrogens with two attached hydrogens (primary N) is 1. The Morgan fingerprint density at radius 3 is 2.65 bits per heavy atom. The predicted molar refractivity (Wildman–Crippen MR) is 104 cm³/mol. The zero-order valence-electron chi connectivity index (χ0n) is 14.7. The molecule has 3 N–H and O–H groups in total. The lowest BCUT2D eigenvalue weighted by Gasteiger charge is -2.25. The van der Waals surface area contributed by atoms with E-state index in [2.05, 4.69) is 33.1 Å². The summed E-state index contributed by atoms with van der Waals surface area (Å²) >= 11 is 0. The number of benzene rings is 2. The molecule has 0 spiro atoms. The van der Waals surface area contributed by atoms with Crippen molar-refractivity contribution < 1.29 is 9.53 Å². The number of fused-ring (bicyclic) bond motifs is 3. The maximum Gasteiger partial charge on any atom is 0.280 e. The number of para-hydroxylation sites is 1. The van der Waals surface area contributed by atoms with Gasteiger partial charge in [0.15, 0.2) is 5.96 Å². The van der Waals surface area contributed by atoms with Crippen molar-refractivity contribution >= 4 is 33.7 Å². The van der Waals surface area contributed by atoms with Crippen molar-refractivity contribution in [3.63, 3.8) is 0 Å². The van der Waals surface area contributed by atoms with Crippen LogP contribution in [0.5, 0.6) is 0 Å². The molecule has 2 aromatic carbocycles. The number of nitrogens with zero attached hydrogens (tertiary/aromatic N) is 2. The van der Waals surface area contributed by atoms with E-state index in [1.165, 1.54) is 10.9 Å². The van der Waals surface area contributed by atoms with Gasteiger partial charge in [-0.15, -0.1) is 0 Å². The first kappa shape index (κ1) is 16.6. The standard InChI is InChI=1S/C20H22N4O2/c1-22-20(21)23-19(25)13-6-7-16-15-4-2-3-5-17(15)24(18(16)12-13)14-8-10-26-11-9-14/h2-7,12,14H,8-11H2,1H3,(H3,21,22,23,25). The number of amides is 1. The van der Waals surface area contributed by atoms with E-state index in [0.29, 0.717) is 11.6 Å². The van der Waals surface area contributed by atoms with Crippen molar-refractivity contribution in [2.45, 2.75) is 18.9 Å². The van der Waals surface area contributed by atoms with Crippen LogP contribution in [0.4, 0.5) is 0 Å². The number of guanidine groups is 1. The zero-order valence-corrected chi connectivity index (χ0v) is 14.7. The molecular formula is C20H22N4O2. The molecule has 1 aliphatic rings. The largest absolute Gasteiger partial charge is 0.381 e. The van der Waals surface area contributed by atoms with E-state index in [-0.39, 0.29) is 11.9 Å². The molecule has 3 aromatic rings. The van der Waals surface area contributed by atoms with Crippen LogP contribution in [0.3, 0.4) is 0 Å². The molecule has 0 bridgehead atoms. The van der Waals surface area contributed by atoms with Crippen molar-refractivity contribution in [3.05, 3.63) is 48.0 Å². The normalized spacial score (nSPS) is 16.3. The fourth-order valence-electron chi connectivity index (χ4n) is 3.70. The van der Waals surface area contributed by atoms with E-state index in [1.807, 2.05) is 24.3 Å². The topological polar surface area (TPSA) is 81.6 Å². The molecule has 1 fully saturated rings. The fourth-order valence-corrected chi connectivity index (χ4v) is 3.70. The monoisotopic (exact) mass is 350 g/mol. The van der Waals surface area contributed by atoms with Gasteiger partial charge in [-0.2, -0.15) is 4.99 Å². The van der Waals surface area contributed by atoms with Crippen molar-refractivity contribution in [1.29, 1.82) is 0 Å². The highest BCUT2D eigenvalue weighted by molar-refractivity contribution is 6.11. The second kappa shape index (κ2) is 6.80. The van der Waals surface area contributed by atoms with E-state index in [0.717, 1.165) is 37.0 Å². The molecule has 4 rings (SSSR count). The van der Waals surface area contributed by atoms with E-state index in [1.54, 1.807) is 7.05 Å². The molecule has 6 nitrogen and oxygen atoms in total. The Labute approximate surface area is 151 Å². The van der Waals surface area contributed by atoms with Crippen LogP contribution in [0.15, 0.2) is 47.5 Å². The number of rotatable bonds is 2. The molecule has 2 heterocycles. The number of carbonyl (C=O) groups is 1. The summed E-state index contributed by atoms with van der Waals surface area (Å²) < 4.78 is 7.89. The van der Waals surface area contributed by atoms with Crippen LogP contribution in [-0.4, -0.2) is 36.7 Å². The number of ether oxygens (including phenoxy) is 1. The van der Waals surface area contributed by atoms with Crippen LogP contribution in [0.2, 0.25) is 0 Å². The Morgan fingerprint density at radius 2 is 1.88 bits per heavy atom. The van der Waals surface area contributed by atoms with Crippen molar-refractivity contribution in [2.24, 2.45) is 10.7 Å². The third-order valence-electron chi connectivity index (χ3n) is 4.99. The van der Waals surface area contributed by atoms with Crippen LogP contribution in [0, 0.1) is 0 Å². The zero-order chi connectivity index (χ0) is 18.1. The Hall–Kier alpha value is -2.86. The van der Waals surface area contributed by atoms with Crippen LogP contribution >= 0.6 is 0 Å². The maximum atomic E-state index is 12.4. The summed E-state index contributed by atoms with van der Waals surface area (Å²) in [5.41, 5.74) is 8.41. The van der Waals surface area contributed by atoms with Crippen LogP contribution in [0.1, 0.15) is 29.2 Å². The summed E-state index contributed by atoms with van der Waals surface area (Å²) in [6.45, 7) is 1.53. The SMILES string of the molecule is CN/C(N)=N/C(=O)c1ccc2c3ccccc3n(C3CCOCC3)c2c1. The van der Waals surface area contributed by atoms with Gasteiger partial charge in [-0.05, 0) is 31.0 Å². The van der Waals surface area contributed by atoms with E-state index < -0.39 is 0 Å². The lowest BCUT2D eigenvalue weighted by atomic mass is 10.1. The van der Waals surface area contributed by atoms with Crippen LogP contribution in [-0.2, 0) is 4.74 Å². The Morgan fingerprint density at radius 1 is 1.15 bits per heavy atom. The Bertz CT molecular complexity index is 1000. The number of aliphatic imine (C=N–C) groups is 1. The predicted octanol–water partition coefficient (Wildman–Crippen LogP) is 2.82. The van der Waals surface area contributed by atoms with Gasteiger partial charge in [0.1, 0.15) is 0 Å². The van der Waals surface area contributed by atoms with Crippen molar-refractivity contribution in [1.82, 2.24) is 9.88 Å². The summed E-state index contributed by atoms with van der Waals surface area (Å²) in [7, 11) is 1.64. The first-order chi connectivity index (χ1) is 12.7. The smallest absolute Gasteiger partial charge is 0.280 e. The molecular weight excluding hydrogens is 328 g/mol. The summed E-state index contributed by atoms with van der Waals surface area (Å²) in [5.74, 6) is -0.234. The molecule has 0 unspecified atom stereocenters. The van der Waals surface area contributed by atoms with Gasteiger partial charge in [0.05, 0.1) is 5.52 Å². The third-order valence-corrected chi connectivity index (χ3v) is 4.99. The molecule has 1 aromatic heterocycles. The molecule has 1 saturated heterocycles. The number of carbonyl (C=O) groups excluding carboxylic acids is 1. The molecule has 26 heavy (non-hydrogen) atoms. The molecule has 0 aliphatic carbocycles. The van der Waals surface area contributed by atoms with Crippen LogP contribution < -0.4 is 11.1 Å². The lowest BCUT2D eigenvalue weighted by molar-refractivity contribution is 0.0717. The van der Waals surface area contributed by atoms with Gasteiger partial charge >= 0.3 is 0 Å². The molecule has 0 saturated carbocycles. The summed E-state index contributed by atoms with van der Waals surface area (Å²) in [5, 5.41) is 5.02. The van der Waals surface area contributed by atoms with Crippen molar-refractivity contribution in [3.8, 4) is 0 Å². The molecule has 1 amide bonds. The molecule has 134 valence electrons. The fraction of sp³-hybridized carbons (Fsp3) is 0.300. The Balaban J connectivity index is 1.91. The minimum absolute atomic E-state index is 0.111. The number of aromatic nitrogens is 1. The summed E-state index contributed by atoms with van der Waals surface area (Å²) in [4.78, 5) is 16.3. The van der Waals surface area contributed by atoms with E-state index >= 15 is 0 Å². The third kappa shape index (κ3) is 2.82. The number of hydrogen-bond acceptors (Lipinski definition) is 2. The maximum absolute atomic E-state index is 12.4. The van der Waals surface area contributed by atoms with Gasteiger partial charge in [-0.25, -0.2) is 0 Å². The van der Waals surface area contributed by atoms with Gasteiger partial charge < -0.3 is 20.4 Å². The van der Waals surface area contributed by atoms with E-state index in [4.69, 9.17) is 10.5 Å². The van der Waals surface area contributed by atoms with Gasteiger partial charge in [-0.3, -0.25) is 4.79 Å². The highest BCUT2D eigenvalue weighted by atomic mass is 16.5. The molecule has 0 radical (unpaired) electrons. The van der Waals surface area contributed by atoms with Crippen LogP contribution in [0.25, 0.3) is 21.8 Å². The highest BCUT2D eigenvalue weighted by Gasteiger charge is 2.21. The average molecular weight is 350 g/mol. The minimum Gasteiger partial charge on any atom is -0.381 e.